The fourth-order valence-electron chi connectivity index (χ4n) is 8.43. The molecule has 5 aromatic carbocycles. The van der Waals surface area contributed by atoms with Gasteiger partial charge < -0.3 is 44.7 Å². The molecule has 0 aromatic heterocycles. The van der Waals surface area contributed by atoms with Crippen molar-refractivity contribution in [1.29, 1.82) is 0 Å². The van der Waals surface area contributed by atoms with Gasteiger partial charge in [0.1, 0.15) is 13.2 Å². The molecule has 4 heterocycles. The SMILES string of the molecule is COc1cc2c(cc1OCc1cc(COc3cc4c(cc3OC)C(=O)N3c5ccccc5C[C@H]3CN4)cc(NC(=O)C(C)(C)S)c1)NC[C@@H]1Cc3ccccc3N1C2=O. The lowest BCUT2D eigenvalue weighted by Crippen LogP contribution is -2.39. The molecule has 5 aromatic rings. The molecule has 302 valence electrons. The second-order valence-corrected chi connectivity index (χ2v) is 16.9. The van der Waals surface area contributed by atoms with Gasteiger partial charge in [-0.05, 0) is 91.4 Å². The minimum Gasteiger partial charge on any atom is -0.493 e. The van der Waals surface area contributed by atoms with Crippen molar-refractivity contribution in [3.63, 3.8) is 0 Å². The number of carbonyl (C=O) groups is 3. The molecule has 0 unspecified atom stereocenters. The van der Waals surface area contributed by atoms with Crippen LogP contribution in [-0.4, -0.2) is 61.9 Å². The monoisotopic (exact) mass is 811 g/mol. The molecule has 59 heavy (non-hydrogen) atoms. The van der Waals surface area contributed by atoms with Crippen molar-refractivity contribution in [2.75, 3.05) is 53.1 Å². The van der Waals surface area contributed by atoms with E-state index in [4.69, 9.17) is 18.9 Å². The predicted molar refractivity (Wildman–Crippen MR) is 231 cm³/mol. The zero-order chi connectivity index (χ0) is 41.0. The highest BCUT2D eigenvalue weighted by Crippen LogP contribution is 2.42. The number of nitrogens with one attached hydrogen (secondary N) is 3. The first-order valence-electron chi connectivity index (χ1n) is 19.7. The number of anilines is 5. The van der Waals surface area contributed by atoms with E-state index in [0.717, 1.165) is 46.5 Å². The van der Waals surface area contributed by atoms with Crippen molar-refractivity contribution in [2.45, 2.75) is 56.7 Å². The Labute approximate surface area is 348 Å². The molecule has 0 radical (unpaired) electrons. The van der Waals surface area contributed by atoms with Crippen LogP contribution in [0.4, 0.5) is 28.4 Å². The van der Waals surface area contributed by atoms with E-state index in [0.29, 0.717) is 64.3 Å². The van der Waals surface area contributed by atoms with Crippen LogP contribution in [0, 0.1) is 0 Å². The highest BCUT2D eigenvalue weighted by atomic mass is 32.1. The number of rotatable bonds is 10. The standard InChI is InChI=1S/C46H45N5O7S/c1-46(2,59)45(54)49-30-14-26(24-57-41-20-35-33(18-39(41)55-3)43(52)50-31(22-47-35)16-28-9-5-7-11-37(28)50)13-27(15-30)25-58-42-21-36-34(19-40(42)56-4)44(53)51-32(23-48-36)17-29-10-6-8-12-38(29)51/h5-15,18-21,31-32,47-48,59H,16-17,22-25H2,1-4H3,(H,49,54)/t31-,32-/m0/s1. The van der Waals surface area contributed by atoms with E-state index in [-0.39, 0.29) is 43.0 Å². The Kier molecular flexibility index (Phi) is 9.78. The van der Waals surface area contributed by atoms with Crippen LogP contribution in [0.3, 0.4) is 0 Å². The van der Waals surface area contributed by atoms with Crippen molar-refractivity contribution >= 4 is 58.8 Å². The van der Waals surface area contributed by atoms with Crippen LogP contribution >= 0.6 is 12.6 Å². The average Bonchev–Trinajstić information content (AvgIpc) is 3.72. The number of amides is 3. The number of thiol groups is 1. The van der Waals surface area contributed by atoms with Crippen molar-refractivity contribution in [2.24, 2.45) is 0 Å². The number of nitrogens with zero attached hydrogens (tertiary/aromatic N) is 2. The van der Waals surface area contributed by atoms with Gasteiger partial charge in [0.2, 0.25) is 5.91 Å². The molecule has 0 fully saturated rings. The van der Waals surface area contributed by atoms with Crippen molar-refractivity contribution in [3.8, 4) is 23.0 Å². The van der Waals surface area contributed by atoms with E-state index in [1.807, 2.05) is 76.5 Å². The van der Waals surface area contributed by atoms with Crippen molar-refractivity contribution < 1.29 is 33.3 Å². The molecule has 2 atom stereocenters. The summed E-state index contributed by atoms with van der Waals surface area (Å²) in [6, 6.07) is 28.7. The van der Waals surface area contributed by atoms with Crippen LogP contribution in [0.25, 0.3) is 0 Å². The maximum absolute atomic E-state index is 14.0. The number of methoxy groups -OCH3 is 2. The third kappa shape index (κ3) is 7.13. The van der Waals surface area contributed by atoms with Crippen LogP contribution in [0.2, 0.25) is 0 Å². The second-order valence-electron chi connectivity index (χ2n) is 15.8. The summed E-state index contributed by atoms with van der Waals surface area (Å²) in [6.45, 7) is 4.84. The number of para-hydroxylation sites is 2. The normalized spacial score (nSPS) is 17.4. The lowest BCUT2D eigenvalue weighted by atomic mass is 10.1. The van der Waals surface area contributed by atoms with Crippen LogP contribution in [0.5, 0.6) is 23.0 Å². The minimum atomic E-state index is -0.934. The summed E-state index contributed by atoms with van der Waals surface area (Å²) in [4.78, 5) is 44.8. The molecule has 0 bridgehead atoms. The summed E-state index contributed by atoms with van der Waals surface area (Å²) in [5.41, 5.74) is 8.56. The van der Waals surface area contributed by atoms with Gasteiger partial charge in [0.05, 0.1) is 53.6 Å². The van der Waals surface area contributed by atoms with Gasteiger partial charge >= 0.3 is 0 Å². The van der Waals surface area contributed by atoms with Crippen LogP contribution in [-0.2, 0) is 30.8 Å². The minimum absolute atomic E-state index is 0.0103. The third-order valence-electron chi connectivity index (χ3n) is 11.4. The van der Waals surface area contributed by atoms with Crippen molar-refractivity contribution in [1.82, 2.24) is 0 Å². The lowest BCUT2D eigenvalue weighted by Gasteiger charge is -2.23. The molecule has 0 aliphatic carbocycles. The van der Waals surface area contributed by atoms with Gasteiger partial charge in [0.25, 0.3) is 11.8 Å². The summed E-state index contributed by atoms with van der Waals surface area (Å²) in [5, 5.41) is 9.94. The fraction of sp³-hybridized carbons (Fsp3) is 0.283. The Morgan fingerprint density at radius 1 is 0.695 bits per heavy atom. The maximum atomic E-state index is 14.0. The Hall–Kier alpha value is -6.34. The highest BCUT2D eigenvalue weighted by molar-refractivity contribution is 7.82. The Bertz CT molecular complexity index is 2360. The summed E-state index contributed by atoms with van der Waals surface area (Å²) < 4.78 is 23.4. The fourth-order valence-corrected chi connectivity index (χ4v) is 8.49. The van der Waals surface area contributed by atoms with Crippen LogP contribution in [0.15, 0.2) is 91.0 Å². The summed E-state index contributed by atoms with van der Waals surface area (Å²) in [6.07, 6.45) is 1.55. The zero-order valence-electron chi connectivity index (χ0n) is 33.3. The van der Waals surface area contributed by atoms with E-state index in [1.54, 1.807) is 40.2 Å². The molecule has 0 spiro atoms. The van der Waals surface area contributed by atoms with E-state index in [1.165, 1.54) is 0 Å². The molecule has 4 aliphatic heterocycles. The Balaban J connectivity index is 0.968. The number of ether oxygens (including phenoxy) is 4. The maximum Gasteiger partial charge on any atom is 0.260 e. The predicted octanol–water partition coefficient (Wildman–Crippen LogP) is 7.50. The zero-order valence-corrected chi connectivity index (χ0v) is 34.2. The number of hydrogen-bond acceptors (Lipinski definition) is 10. The Morgan fingerprint density at radius 2 is 1.15 bits per heavy atom. The van der Waals surface area contributed by atoms with Crippen LogP contribution in [0.1, 0.15) is 56.8 Å². The first-order valence-corrected chi connectivity index (χ1v) is 20.1. The topological polar surface area (TPSA) is 131 Å². The molecule has 9 rings (SSSR count). The summed E-state index contributed by atoms with van der Waals surface area (Å²) >= 11 is 4.48. The molecule has 0 saturated heterocycles. The number of fused-ring (bicyclic) bond motifs is 8. The molecule has 13 heteroatoms. The van der Waals surface area contributed by atoms with Gasteiger partial charge in [-0.1, -0.05) is 36.4 Å². The van der Waals surface area contributed by atoms with Gasteiger partial charge in [0, 0.05) is 42.3 Å². The van der Waals surface area contributed by atoms with Gasteiger partial charge in [-0.2, -0.15) is 12.6 Å². The van der Waals surface area contributed by atoms with Crippen molar-refractivity contribution in [3.05, 3.63) is 124 Å². The molecule has 3 amide bonds. The first kappa shape index (κ1) is 38.2. The number of hydrogen-bond donors (Lipinski definition) is 4. The number of carbonyl (C=O) groups excluding carboxylic acids is 3. The smallest absolute Gasteiger partial charge is 0.260 e. The second kappa shape index (κ2) is 15.1. The van der Waals surface area contributed by atoms with Gasteiger partial charge in [-0.3, -0.25) is 14.4 Å². The van der Waals surface area contributed by atoms with Gasteiger partial charge in [-0.15, -0.1) is 0 Å². The largest absolute Gasteiger partial charge is 0.493 e. The van der Waals surface area contributed by atoms with Gasteiger partial charge in [0.15, 0.2) is 23.0 Å². The molecular formula is C46H45N5O7S. The molecule has 3 N–H and O–H groups in total. The molecular weight excluding hydrogens is 767 g/mol. The van der Waals surface area contributed by atoms with E-state index < -0.39 is 4.75 Å². The number of benzene rings is 5. The summed E-state index contributed by atoms with van der Waals surface area (Å²) in [7, 11) is 3.10. The first-order chi connectivity index (χ1) is 28.5. The summed E-state index contributed by atoms with van der Waals surface area (Å²) in [5.74, 6) is 1.29. The molecule has 4 aliphatic rings. The van der Waals surface area contributed by atoms with E-state index >= 15 is 0 Å². The third-order valence-corrected chi connectivity index (χ3v) is 11.6. The van der Waals surface area contributed by atoms with Crippen LogP contribution < -0.4 is 44.7 Å². The van der Waals surface area contributed by atoms with E-state index in [9.17, 15) is 14.4 Å². The highest BCUT2D eigenvalue weighted by Gasteiger charge is 2.39. The van der Waals surface area contributed by atoms with Gasteiger partial charge in [-0.25, -0.2) is 0 Å². The Morgan fingerprint density at radius 3 is 1.59 bits per heavy atom. The lowest BCUT2D eigenvalue weighted by molar-refractivity contribution is -0.117. The molecule has 12 nitrogen and oxygen atoms in total. The molecule has 0 saturated carbocycles. The quantitative estimate of drug-likeness (QED) is 0.106. The van der Waals surface area contributed by atoms with E-state index in [2.05, 4.69) is 40.7 Å². The average molecular weight is 812 g/mol.